The molecule has 1 aliphatic carbocycles. The van der Waals surface area contributed by atoms with Gasteiger partial charge in [-0.3, -0.25) is 4.79 Å². The lowest BCUT2D eigenvalue weighted by Crippen LogP contribution is -2.29. The third-order valence-corrected chi connectivity index (χ3v) is 6.16. The number of alkyl halides is 1. The van der Waals surface area contributed by atoms with E-state index in [0.717, 1.165) is 17.1 Å². The Morgan fingerprint density at radius 1 is 1.13 bits per heavy atom. The number of carbonyl (C=O) groups excluding carboxylic acids is 1. The van der Waals surface area contributed by atoms with Crippen LogP contribution in [0, 0.1) is 5.82 Å². The molecule has 3 N–H and O–H groups in total. The number of nitrogens with one attached hydrogen (secondary N) is 3. The highest BCUT2D eigenvalue weighted by Gasteiger charge is 2.25. The summed E-state index contributed by atoms with van der Waals surface area (Å²) in [7, 11) is 0. The topological polar surface area (TPSA) is 53.2 Å². The van der Waals surface area contributed by atoms with Crippen molar-refractivity contribution in [2.24, 2.45) is 0 Å². The largest absolute Gasteiger partial charge is 0.333 e. The van der Waals surface area contributed by atoms with Gasteiger partial charge in [-0.1, -0.05) is 31.2 Å². The van der Waals surface area contributed by atoms with Gasteiger partial charge >= 0.3 is 0 Å². The van der Waals surface area contributed by atoms with Gasteiger partial charge in [-0.15, -0.1) is 23.4 Å². The van der Waals surface area contributed by atoms with E-state index in [1.807, 2.05) is 18.2 Å². The molecule has 1 amide bonds. The summed E-state index contributed by atoms with van der Waals surface area (Å²) >= 11 is 13.6. The van der Waals surface area contributed by atoms with Crippen LogP contribution in [0.15, 0.2) is 72.5 Å². The zero-order valence-electron chi connectivity index (χ0n) is 16.2. The van der Waals surface area contributed by atoms with Crippen molar-refractivity contribution in [3.63, 3.8) is 0 Å². The Morgan fingerprint density at radius 2 is 1.80 bits per heavy atom. The van der Waals surface area contributed by atoms with Gasteiger partial charge in [-0.05, 0) is 66.9 Å². The molecule has 8 heteroatoms. The standard InChI is InChI=1S/C22H21ClFN3OS2/c1-2-30-22(23)13-11-17(12-14-22)27-21(29)26-16-9-7-15(8-10-16)25-20(28)18-5-3-4-6-19(18)24/h3-13H,2,14H2,1H3,(H,25,28)(H2,26,27,29). The average molecular weight is 462 g/mol. The number of benzene rings is 2. The first-order chi connectivity index (χ1) is 14.4. The van der Waals surface area contributed by atoms with Gasteiger partial charge in [0.2, 0.25) is 0 Å². The second kappa shape index (κ2) is 10.1. The molecule has 2 aromatic carbocycles. The molecule has 1 unspecified atom stereocenters. The number of thioether (sulfide) groups is 1. The van der Waals surface area contributed by atoms with E-state index >= 15 is 0 Å². The first-order valence-corrected chi connectivity index (χ1v) is 11.1. The van der Waals surface area contributed by atoms with Gasteiger partial charge in [0, 0.05) is 17.1 Å². The van der Waals surface area contributed by atoms with Gasteiger partial charge in [0.05, 0.1) is 5.56 Å². The molecule has 0 radical (unpaired) electrons. The van der Waals surface area contributed by atoms with Crippen molar-refractivity contribution in [1.29, 1.82) is 0 Å². The third-order valence-electron chi connectivity index (χ3n) is 4.27. The minimum Gasteiger partial charge on any atom is -0.333 e. The Morgan fingerprint density at radius 3 is 2.40 bits per heavy atom. The number of rotatable bonds is 6. The normalized spacial score (nSPS) is 17.8. The van der Waals surface area contributed by atoms with Crippen LogP contribution < -0.4 is 16.0 Å². The van der Waals surface area contributed by atoms with E-state index in [1.165, 1.54) is 12.1 Å². The highest BCUT2D eigenvalue weighted by atomic mass is 35.5. The van der Waals surface area contributed by atoms with Crippen molar-refractivity contribution in [1.82, 2.24) is 5.32 Å². The maximum absolute atomic E-state index is 13.7. The minimum atomic E-state index is -0.560. The Balaban J connectivity index is 1.53. The highest BCUT2D eigenvalue weighted by Crippen LogP contribution is 2.38. The van der Waals surface area contributed by atoms with E-state index in [9.17, 15) is 9.18 Å². The van der Waals surface area contributed by atoms with Gasteiger partial charge in [0.25, 0.3) is 5.91 Å². The molecule has 3 rings (SSSR count). The first-order valence-electron chi connectivity index (χ1n) is 9.35. The molecular formula is C22H21ClFN3OS2. The van der Waals surface area contributed by atoms with Crippen molar-refractivity contribution < 1.29 is 9.18 Å². The maximum atomic E-state index is 13.7. The second-order valence-electron chi connectivity index (χ2n) is 6.51. The summed E-state index contributed by atoms with van der Waals surface area (Å²) in [4.78, 5) is 12.2. The van der Waals surface area contributed by atoms with E-state index < -0.39 is 15.9 Å². The van der Waals surface area contributed by atoms with Crippen LogP contribution in [0.5, 0.6) is 0 Å². The SMILES string of the molecule is CCSC1(Cl)C=CC(NC(=S)Nc2ccc(NC(=O)c3ccccc3F)cc2)=CC1. The summed E-state index contributed by atoms with van der Waals surface area (Å²) in [6.45, 7) is 2.08. The summed E-state index contributed by atoms with van der Waals surface area (Å²) in [5.74, 6) is -0.115. The number of allylic oxidation sites excluding steroid dienone is 2. The fourth-order valence-electron chi connectivity index (χ4n) is 2.81. The highest BCUT2D eigenvalue weighted by molar-refractivity contribution is 8.02. The van der Waals surface area contributed by atoms with Gasteiger partial charge in [-0.2, -0.15) is 0 Å². The zero-order valence-corrected chi connectivity index (χ0v) is 18.6. The van der Waals surface area contributed by atoms with E-state index in [4.69, 9.17) is 23.8 Å². The summed E-state index contributed by atoms with van der Waals surface area (Å²) in [5, 5.41) is 9.35. The van der Waals surface area contributed by atoms with Crippen molar-refractivity contribution in [3.05, 3.63) is 83.8 Å². The second-order valence-corrected chi connectivity index (χ2v) is 9.41. The summed E-state index contributed by atoms with van der Waals surface area (Å²) in [5.41, 5.74) is 2.19. The number of amides is 1. The fourth-order valence-corrected chi connectivity index (χ4v) is 4.36. The summed E-state index contributed by atoms with van der Waals surface area (Å²) < 4.78 is 13.3. The molecule has 0 fully saturated rings. The summed E-state index contributed by atoms with van der Waals surface area (Å²) in [6, 6.07) is 12.8. The van der Waals surface area contributed by atoms with Crippen LogP contribution in [0.2, 0.25) is 0 Å². The molecule has 1 aliphatic rings. The molecule has 0 spiro atoms. The van der Waals surface area contributed by atoms with E-state index in [0.29, 0.717) is 17.2 Å². The summed E-state index contributed by atoms with van der Waals surface area (Å²) in [6.07, 6.45) is 6.63. The lowest BCUT2D eigenvalue weighted by molar-refractivity contribution is 0.102. The van der Waals surface area contributed by atoms with Crippen LogP contribution in [0.3, 0.4) is 0 Å². The molecule has 4 nitrogen and oxygen atoms in total. The molecule has 0 saturated carbocycles. The lowest BCUT2D eigenvalue weighted by atomic mass is 10.1. The lowest BCUT2D eigenvalue weighted by Gasteiger charge is -2.25. The predicted octanol–water partition coefficient (Wildman–Crippen LogP) is 5.90. The zero-order chi connectivity index (χ0) is 21.6. The molecule has 30 heavy (non-hydrogen) atoms. The molecule has 1 atom stereocenters. The van der Waals surface area contributed by atoms with E-state index in [1.54, 1.807) is 48.2 Å². The Labute approximate surface area is 190 Å². The molecule has 0 aromatic heterocycles. The van der Waals surface area contributed by atoms with Gasteiger partial charge in [-0.25, -0.2) is 4.39 Å². The fraction of sp³-hybridized carbons (Fsp3) is 0.182. The van der Waals surface area contributed by atoms with Crippen molar-refractivity contribution in [2.75, 3.05) is 16.4 Å². The van der Waals surface area contributed by atoms with Gasteiger partial charge in [0.15, 0.2) is 5.11 Å². The molecule has 2 aromatic rings. The number of halogens is 2. The molecule has 156 valence electrons. The molecule has 0 bridgehead atoms. The van der Waals surface area contributed by atoms with E-state index in [2.05, 4.69) is 22.9 Å². The monoisotopic (exact) mass is 461 g/mol. The first kappa shape index (κ1) is 22.3. The molecule has 0 saturated heterocycles. The van der Waals surface area contributed by atoms with Crippen LogP contribution in [-0.2, 0) is 0 Å². The van der Waals surface area contributed by atoms with Crippen molar-refractivity contribution >= 4 is 58.0 Å². The van der Waals surface area contributed by atoms with Crippen molar-refractivity contribution in [3.8, 4) is 0 Å². The number of hydrogen-bond donors (Lipinski definition) is 3. The smallest absolute Gasteiger partial charge is 0.258 e. The number of hydrogen-bond acceptors (Lipinski definition) is 3. The van der Waals surface area contributed by atoms with Crippen LogP contribution in [0.25, 0.3) is 0 Å². The van der Waals surface area contributed by atoms with E-state index in [-0.39, 0.29) is 5.56 Å². The number of carbonyl (C=O) groups is 1. The number of anilines is 2. The molecule has 0 aliphatic heterocycles. The van der Waals surface area contributed by atoms with Gasteiger partial charge < -0.3 is 16.0 Å². The number of thiocarbonyl (C=S) groups is 1. The Bertz CT molecular complexity index is 994. The van der Waals surface area contributed by atoms with Gasteiger partial charge in [0.1, 0.15) is 10.0 Å². The van der Waals surface area contributed by atoms with Crippen LogP contribution in [0.1, 0.15) is 23.7 Å². The molecular weight excluding hydrogens is 441 g/mol. The minimum absolute atomic E-state index is 0.00260. The third kappa shape index (κ3) is 6.08. The average Bonchev–Trinajstić information content (AvgIpc) is 2.72. The molecule has 0 heterocycles. The maximum Gasteiger partial charge on any atom is 0.258 e. The Kier molecular flexibility index (Phi) is 7.53. The quantitative estimate of drug-likeness (QED) is 0.369. The van der Waals surface area contributed by atoms with Crippen LogP contribution >= 0.6 is 35.6 Å². The van der Waals surface area contributed by atoms with Crippen molar-refractivity contribution in [2.45, 2.75) is 17.6 Å². The Hall–Kier alpha value is -2.35. The van der Waals surface area contributed by atoms with Crippen LogP contribution in [0.4, 0.5) is 15.8 Å². The predicted molar refractivity (Wildman–Crippen MR) is 129 cm³/mol. The van der Waals surface area contributed by atoms with Crippen LogP contribution in [-0.4, -0.2) is 21.0 Å².